The largest absolute Gasteiger partial charge is 0.447 e. The van der Waals surface area contributed by atoms with Crippen LogP contribution in [0.2, 0.25) is 0 Å². The van der Waals surface area contributed by atoms with E-state index in [0.29, 0.717) is 0 Å². The Kier molecular flexibility index (Phi) is 4.58. The fourth-order valence-corrected chi connectivity index (χ4v) is 3.67. The number of hydrogen-bond acceptors (Lipinski definition) is 5. The highest BCUT2D eigenvalue weighted by molar-refractivity contribution is 5.77. The van der Waals surface area contributed by atoms with Crippen molar-refractivity contribution in [3.63, 3.8) is 0 Å². The van der Waals surface area contributed by atoms with Crippen LogP contribution in [-0.2, 0) is 25.6 Å². The number of carbonyl (C=O) groups excluding carboxylic acids is 2. The van der Waals surface area contributed by atoms with Gasteiger partial charge in [-0.25, -0.2) is 4.79 Å². The number of hydrogen-bond donors (Lipinski definition) is 0. The molecule has 2 fully saturated rings. The minimum absolute atomic E-state index is 0.0731. The van der Waals surface area contributed by atoms with Gasteiger partial charge in [-0.2, -0.15) is 0 Å². The SMILES string of the molecule is C[C@]1(OCc2ccccc2)OC(=O)C[C@@H]1N1C(=O)OC[C@@H]1c1ccccc1. The highest BCUT2D eigenvalue weighted by atomic mass is 16.7. The van der Waals surface area contributed by atoms with Crippen molar-refractivity contribution in [2.75, 3.05) is 6.61 Å². The third-order valence-corrected chi connectivity index (χ3v) is 5.08. The maximum absolute atomic E-state index is 12.5. The Balaban J connectivity index is 1.59. The monoisotopic (exact) mass is 367 g/mol. The van der Waals surface area contributed by atoms with Crippen molar-refractivity contribution in [2.24, 2.45) is 0 Å². The molecule has 2 aliphatic heterocycles. The molecular formula is C21H21NO5. The lowest BCUT2D eigenvalue weighted by Gasteiger charge is -2.36. The van der Waals surface area contributed by atoms with Gasteiger partial charge in [0.05, 0.1) is 19.1 Å². The predicted octanol–water partition coefficient (Wildman–Crippen LogP) is 3.43. The van der Waals surface area contributed by atoms with Crippen LogP contribution in [0, 0.1) is 0 Å². The van der Waals surface area contributed by atoms with E-state index in [-0.39, 0.29) is 31.6 Å². The number of rotatable bonds is 5. The van der Waals surface area contributed by atoms with Crippen LogP contribution >= 0.6 is 0 Å². The zero-order valence-corrected chi connectivity index (χ0v) is 15.0. The van der Waals surface area contributed by atoms with E-state index in [2.05, 4.69) is 0 Å². The zero-order valence-electron chi connectivity index (χ0n) is 15.0. The number of ether oxygens (including phenoxy) is 3. The molecule has 0 spiro atoms. The Morgan fingerprint density at radius 1 is 1.07 bits per heavy atom. The van der Waals surface area contributed by atoms with Gasteiger partial charge in [-0.3, -0.25) is 9.69 Å². The lowest BCUT2D eigenvalue weighted by atomic mass is 10.0. The summed E-state index contributed by atoms with van der Waals surface area (Å²) in [5.74, 6) is -1.62. The fraction of sp³-hybridized carbons (Fsp3) is 0.333. The summed E-state index contributed by atoms with van der Waals surface area (Å²) in [6, 6.07) is 18.4. The maximum Gasteiger partial charge on any atom is 0.410 e. The molecule has 2 saturated heterocycles. The first kappa shape index (κ1) is 17.5. The first-order chi connectivity index (χ1) is 13.1. The molecular weight excluding hydrogens is 346 g/mol. The van der Waals surface area contributed by atoms with Crippen molar-refractivity contribution in [1.82, 2.24) is 4.90 Å². The zero-order chi connectivity index (χ0) is 18.9. The van der Waals surface area contributed by atoms with Crippen LogP contribution in [0.15, 0.2) is 60.7 Å². The van der Waals surface area contributed by atoms with Gasteiger partial charge in [0.1, 0.15) is 12.6 Å². The standard InChI is InChI=1S/C21H21NO5/c1-21(26-13-15-8-4-2-5-9-15)18(12-19(23)27-21)22-17(14-25-20(22)24)16-10-6-3-7-11-16/h2-11,17-18H,12-14H2,1H3/t17-,18+,21+/m1/s1. The Labute approximate surface area is 157 Å². The van der Waals surface area contributed by atoms with Gasteiger partial charge in [-0.15, -0.1) is 0 Å². The van der Waals surface area contributed by atoms with Gasteiger partial charge in [-0.05, 0) is 11.1 Å². The highest BCUT2D eigenvalue weighted by Gasteiger charge is 2.55. The predicted molar refractivity (Wildman–Crippen MR) is 96.5 cm³/mol. The molecule has 0 N–H and O–H groups in total. The summed E-state index contributed by atoms with van der Waals surface area (Å²) in [4.78, 5) is 26.2. The quantitative estimate of drug-likeness (QED) is 0.758. The van der Waals surface area contributed by atoms with Gasteiger partial charge < -0.3 is 14.2 Å². The molecule has 2 heterocycles. The van der Waals surface area contributed by atoms with Crippen LogP contribution in [0.4, 0.5) is 4.79 Å². The van der Waals surface area contributed by atoms with Gasteiger partial charge in [0.15, 0.2) is 0 Å². The van der Waals surface area contributed by atoms with E-state index in [1.807, 2.05) is 60.7 Å². The van der Waals surface area contributed by atoms with Gasteiger partial charge in [0, 0.05) is 6.92 Å². The molecule has 4 rings (SSSR count). The average molecular weight is 367 g/mol. The molecule has 2 aliphatic rings. The molecule has 1 amide bonds. The van der Waals surface area contributed by atoms with E-state index in [4.69, 9.17) is 14.2 Å². The molecule has 3 atom stereocenters. The molecule has 0 aliphatic carbocycles. The summed E-state index contributed by atoms with van der Waals surface area (Å²) < 4.78 is 16.8. The van der Waals surface area contributed by atoms with E-state index >= 15 is 0 Å². The molecule has 0 radical (unpaired) electrons. The van der Waals surface area contributed by atoms with Gasteiger partial charge in [-0.1, -0.05) is 60.7 Å². The number of nitrogens with zero attached hydrogens (tertiary/aromatic N) is 1. The van der Waals surface area contributed by atoms with Crippen molar-refractivity contribution in [2.45, 2.75) is 37.8 Å². The van der Waals surface area contributed by atoms with Crippen molar-refractivity contribution in [3.05, 3.63) is 71.8 Å². The van der Waals surface area contributed by atoms with Crippen molar-refractivity contribution in [1.29, 1.82) is 0 Å². The Bertz CT molecular complexity index is 825. The Morgan fingerprint density at radius 2 is 1.74 bits per heavy atom. The minimum Gasteiger partial charge on any atom is -0.447 e. The molecule has 0 unspecified atom stereocenters. The lowest BCUT2D eigenvalue weighted by Crippen LogP contribution is -2.51. The van der Waals surface area contributed by atoms with E-state index in [1.54, 1.807) is 11.8 Å². The number of esters is 1. The number of amides is 1. The van der Waals surface area contributed by atoms with E-state index in [1.165, 1.54) is 0 Å². The Hall–Kier alpha value is -2.86. The molecule has 6 heteroatoms. The summed E-state index contributed by atoms with van der Waals surface area (Å²) in [5, 5.41) is 0. The smallest absolute Gasteiger partial charge is 0.410 e. The van der Waals surface area contributed by atoms with E-state index < -0.39 is 17.9 Å². The third-order valence-electron chi connectivity index (χ3n) is 5.08. The summed E-state index contributed by atoms with van der Waals surface area (Å²) in [7, 11) is 0. The van der Waals surface area contributed by atoms with Gasteiger partial charge in [0.2, 0.25) is 5.79 Å². The summed E-state index contributed by atoms with van der Waals surface area (Å²) >= 11 is 0. The van der Waals surface area contributed by atoms with Crippen LogP contribution in [0.1, 0.15) is 30.5 Å². The first-order valence-corrected chi connectivity index (χ1v) is 8.96. The third kappa shape index (κ3) is 3.40. The molecule has 2 aromatic carbocycles. The molecule has 140 valence electrons. The van der Waals surface area contributed by atoms with Crippen LogP contribution < -0.4 is 0 Å². The molecule has 6 nitrogen and oxygen atoms in total. The second-order valence-electron chi connectivity index (χ2n) is 6.89. The summed E-state index contributed by atoms with van der Waals surface area (Å²) in [5.41, 5.74) is 1.91. The summed E-state index contributed by atoms with van der Waals surface area (Å²) in [6.07, 6.45) is -0.384. The molecule has 0 aromatic heterocycles. The topological polar surface area (TPSA) is 65.1 Å². The first-order valence-electron chi connectivity index (χ1n) is 8.96. The summed E-state index contributed by atoms with van der Waals surface area (Å²) in [6.45, 7) is 2.22. The van der Waals surface area contributed by atoms with Crippen LogP contribution in [0.3, 0.4) is 0 Å². The Morgan fingerprint density at radius 3 is 2.44 bits per heavy atom. The minimum atomic E-state index is -1.23. The van der Waals surface area contributed by atoms with Crippen LogP contribution in [-0.4, -0.2) is 35.4 Å². The van der Waals surface area contributed by atoms with Crippen molar-refractivity contribution >= 4 is 12.1 Å². The normalized spacial score (nSPS) is 27.5. The lowest BCUT2D eigenvalue weighted by molar-refractivity contribution is -0.225. The van der Waals surface area contributed by atoms with E-state index in [0.717, 1.165) is 11.1 Å². The average Bonchev–Trinajstić information content (AvgIpc) is 3.20. The molecule has 2 aromatic rings. The molecule has 0 saturated carbocycles. The second kappa shape index (κ2) is 7.04. The fourth-order valence-electron chi connectivity index (χ4n) is 3.67. The van der Waals surface area contributed by atoms with Gasteiger partial charge >= 0.3 is 12.1 Å². The van der Waals surface area contributed by atoms with Crippen molar-refractivity contribution in [3.8, 4) is 0 Å². The second-order valence-corrected chi connectivity index (χ2v) is 6.89. The molecule has 0 bridgehead atoms. The number of carbonyl (C=O) groups is 2. The maximum atomic E-state index is 12.5. The van der Waals surface area contributed by atoms with Crippen LogP contribution in [0.25, 0.3) is 0 Å². The van der Waals surface area contributed by atoms with Gasteiger partial charge in [0.25, 0.3) is 0 Å². The van der Waals surface area contributed by atoms with Crippen molar-refractivity contribution < 1.29 is 23.8 Å². The highest BCUT2D eigenvalue weighted by Crippen LogP contribution is 2.40. The molecule has 27 heavy (non-hydrogen) atoms. The number of benzene rings is 2. The number of cyclic esters (lactones) is 2. The van der Waals surface area contributed by atoms with Crippen LogP contribution in [0.5, 0.6) is 0 Å². The van der Waals surface area contributed by atoms with E-state index in [9.17, 15) is 9.59 Å².